The van der Waals surface area contributed by atoms with Crippen LogP contribution in [0.25, 0.3) is 15.2 Å². The van der Waals surface area contributed by atoms with Crippen LogP contribution in [0.3, 0.4) is 0 Å². The summed E-state index contributed by atoms with van der Waals surface area (Å²) in [4.78, 5) is 42.4. The van der Waals surface area contributed by atoms with Crippen LogP contribution in [0.4, 0.5) is 0 Å². The Hall–Kier alpha value is -2.68. The Kier molecular flexibility index (Phi) is 3.20. The quantitative estimate of drug-likeness (QED) is 0.738. The van der Waals surface area contributed by atoms with Gasteiger partial charge in [-0.3, -0.25) is 14.6 Å². The highest BCUT2D eigenvalue weighted by Crippen LogP contribution is 2.29. The van der Waals surface area contributed by atoms with Crippen LogP contribution in [-0.4, -0.2) is 43.7 Å². The van der Waals surface area contributed by atoms with Gasteiger partial charge in [-0.05, 0) is 19.4 Å². The van der Waals surface area contributed by atoms with Crippen molar-refractivity contribution >= 4 is 27.5 Å². The Labute approximate surface area is 139 Å². The van der Waals surface area contributed by atoms with E-state index in [-0.39, 0.29) is 5.91 Å². The molecule has 1 aliphatic heterocycles. The lowest BCUT2D eigenvalue weighted by molar-refractivity contribution is -0.129. The summed E-state index contributed by atoms with van der Waals surface area (Å²) in [5.41, 5.74) is -0.225. The monoisotopic (exact) mass is 345 g/mol. The van der Waals surface area contributed by atoms with E-state index in [0.29, 0.717) is 23.2 Å². The van der Waals surface area contributed by atoms with Crippen molar-refractivity contribution in [3.63, 3.8) is 0 Å². The van der Waals surface area contributed by atoms with Gasteiger partial charge in [-0.15, -0.1) is 0 Å². The molecule has 0 spiro atoms. The van der Waals surface area contributed by atoms with Gasteiger partial charge in [0.1, 0.15) is 15.9 Å². The number of nitrogens with one attached hydrogen (secondary N) is 1. The SMILES string of the molecule is Cc1c(-n2cccn2)sc2[nH]c(=O)n([C@@H]3CCN(C)C3=O)c(=O)c12. The summed E-state index contributed by atoms with van der Waals surface area (Å²) in [5.74, 6) is -0.206. The van der Waals surface area contributed by atoms with Gasteiger partial charge < -0.3 is 4.90 Å². The number of aromatic amines is 1. The number of likely N-dealkylation sites (tertiary alicyclic amines) is 1. The van der Waals surface area contributed by atoms with E-state index in [1.807, 2.05) is 6.92 Å². The van der Waals surface area contributed by atoms with Crippen molar-refractivity contribution < 1.29 is 4.79 Å². The van der Waals surface area contributed by atoms with Crippen molar-refractivity contribution in [1.29, 1.82) is 0 Å². The second kappa shape index (κ2) is 5.17. The van der Waals surface area contributed by atoms with Crippen molar-refractivity contribution in [3.05, 3.63) is 44.9 Å². The molecule has 124 valence electrons. The number of hydrogen-bond acceptors (Lipinski definition) is 5. The van der Waals surface area contributed by atoms with Gasteiger partial charge in [-0.25, -0.2) is 14.0 Å². The zero-order valence-corrected chi connectivity index (χ0v) is 14.0. The van der Waals surface area contributed by atoms with E-state index >= 15 is 0 Å². The van der Waals surface area contributed by atoms with Crippen molar-refractivity contribution in [2.24, 2.45) is 0 Å². The Bertz CT molecular complexity index is 1060. The van der Waals surface area contributed by atoms with Gasteiger partial charge in [0.2, 0.25) is 5.91 Å². The van der Waals surface area contributed by atoms with Crippen LogP contribution < -0.4 is 11.2 Å². The molecule has 1 fully saturated rings. The molecule has 0 aliphatic carbocycles. The molecule has 4 heterocycles. The fourth-order valence-corrected chi connectivity index (χ4v) is 4.28. The maximum absolute atomic E-state index is 12.9. The molecule has 0 bridgehead atoms. The molecule has 8 nitrogen and oxygen atoms in total. The molecular formula is C15H15N5O3S. The highest BCUT2D eigenvalue weighted by atomic mass is 32.1. The van der Waals surface area contributed by atoms with E-state index in [0.717, 1.165) is 15.1 Å². The first-order valence-corrected chi connectivity index (χ1v) is 8.33. The van der Waals surface area contributed by atoms with Gasteiger partial charge in [-0.2, -0.15) is 5.10 Å². The first-order chi connectivity index (χ1) is 11.5. The van der Waals surface area contributed by atoms with Crippen molar-refractivity contribution in [2.75, 3.05) is 13.6 Å². The lowest BCUT2D eigenvalue weighted by atomic mass is 10.2. The standard InChI is InChI=1S/C15H15N5O3S/c1-8-10-11(24-14(8)19-6-3-5-16-19)17-15(23)20(13(10)22)9-4-7-18(2)12(9)21/h3,5-6,9H,4,7H2,1-2H3,(H,17,23)/t9-/m1/s1. The molecule has 9 heteroatoms. The Balaban J connectivity index is 1.98. The van der Waals surface area contributed by atoms with Crippen LogP contribution in [0.2, 0.25) is 0 Å². The fraction of sp³-hybridized carbons (Fsp3) is 0.333. The van der Waals surface area contributed by atoms with Crippen LogP contribution in [0.1, 0.15) is 18.0 Å². The van der Waals surface area contributed by atoms with E-state index in [9.17, 15) is 14.4 Å². The summed E-state index contributed by atoms with van der Waals surface area (Å²) in [6.45, 7) is 2.36. The molecule has 4 rings (SSSR count). The number of hydrogen-bond donors (Lipinski definition) is 1. The van der Waals surface area contributed by atoms with Crippen molar-refractivity contribution in [3.8, 4) is 5.00 Å². The molecule has 24 heavy (non-hydrogen) atoms. The van der Waals surface area contributed by atoms with Gasteiger partial charge in [-0.1, -0.05) is 11.3 Å². The van der Waals surface area contributed by atoms with Gasteiger partial charge >= 0.3 is 5.69 Å². The predicted molar refractivity (Wildman–Crippen MR) is 89.9 cm³/mol. The fourth-order valence-electron chi connectivity index (χ4n) is 3.15. The third-order valence-corrected chi connectivity index (χ3v) is 5.61. The van der Waals surface area contributed by atoms with E-state index in [1.165, 1.54) is 16.2 Å². The molecule has 3 aromatic rings. The molecule has 0 aromatic carbocycles. The summed E-state index contributed by atoms with van der Waals surface area (Å²) < 4.78 is 2.72. The second-order valence-corrected chi connectivity index (χ2v) is 6.86. The number of rotatable bonds is 2. The molecule has 1 aliphatic rings. The first kappa shape index (κ1) is 14.9. The van der Waals surface area contributed by atoms with Crippen LogP contribution in [-0.2, 0) is 4.79 Å². The molecule has 1 saturated heterocycles. The van der Waals surface area contributed by atoms with Crippen molar-refractivity contribution in [2.45, 2.75) is 19.4 Å². The van der Waals surface area contributed by atoms with E-state index in [2.05, 4.69) is 10.1 Å². The zero-order chi connectivity index (χ0) is 17.0. The number of fused-ring (bicyclic) bond motifs is 1. The third-order valence-electron chi connectivity index (χ3n) is 4.42. The van der Waals surface area contributed by atoms with E-state index in [1.54, 1.807) is 30.2 Å². The Morgan fingerprint density at radius 1 is 1.33 bits per heavy atom. The number of carbonyl (C=O) groups is 1. The molecule has 0 radical (unpaired) electrons. The molecule has 3 aromatic heterocycles. The number of aromatic nitrogens is 4. The van der Waals surface area contributed by atoms with Crippen LogP contribution >= 0.6 is 11.3 Å². The minimum absolute atomic E-state index is 0.206. The predicted octanol–water partition coefficient (Wildman–Crippen LogP) is 0.649. The Morgan fingerprint density at radius 3 is 2.75 bits per heavy atom. The summed E-state index contributed by atoms with van der Waals surface area (Å²) >= 11 is 1.30. The van der Waals surface area contributed by atoms with Crippen LogP contribution in [0.5, 0.6) is 0 Å². The number of aryl methyl sites for hydroxylation is 1. The minimum atomic E-state index is -0.733. The zero-order valence-electron chi connectivity index (χ0n) is 13.1. The smallest absolute Gasteiger partial charge is 0.330 e. The molecule has 0 unspecified atom stereocenters. The average Bonchev–Trinajstić information content (AvgIpc) is 3.23. The van der Waals surface area contributed by atoms with Gasteiger partial charge in [0, 0.05) is 31.5 Å². The molecule has 0 saturated carbocycles. The number of thiophene rings is 1. The summed E-state index contributed by atoms with van der Waals surface area (Å²) in [5, 5.41) is 5.39. The van der Waals surface area contributed by atoms with E-state index < -0.39 is 17.3 Å². The summed E-state index contributed by atoms with van der Waals surface area (Å²) in [6, 6.07) is 1.06. The van der Waals surface area contributed by atoms with Gasteiger partial charge in [0.15, 0.2) is 0 Å². The van der Waals surface area contributed by atoms with Crippen LogP contribution in [0.15, 0.2) is 28.0 Å². The largest absolute Gasteiger partial charge is 0.344 e. The second-order valence-electron chi connectivity index (χ2n) is 5.86. The van der Waals surface area contributed by atoms with Crippen molar-refractivity contribution in [1.82, 2.24) is 24.2 Å². The van der Waals surface area contributed by atoms with Crippen LogP contribution in [0, 0.1) is 6.92 Å². The first-order valence-electron chi connectivity index (χ1n) is 7.52. The minimum Gasteiger partial charge on any atom is -0.344 e. The van der Waals surface area contributed by atoms with Gasteiger partial charge in [0.25, 0.3) is 5.56 Å². The highest BCUT2D eigenvalue weighted by molar-refractivity contribution is 7.21. The third kappa shape index (κ3) is 1.97. The van der Waals surface area contributed by atoms with E-state index in [4.69, 9.17) is 0 Å². The summed E-state index contributed by atoms with van der Waals surface area (Å²) in [7, 11) is 1.67. The number of likely N-dealkylation sites (N-methyl/N-ethyl adjacent to an activating group) is 1. The van der Waals surface area contributed by atoms with Gasteiger partial charge in [0.05, 0.1) is 5.39 Å². The lowest BCUT2D eigenvalue weighted by Crippen LogP contribution is -2.40. The highest BCUT2D eigenvalue weighted by Gasteiger charge is 2.33. The number of carbonyl (C=O) groups excluding carboxylic acids is 1. The number of H-pyrrole nitrogens is 1. The Morgan fingerprint density at radius 2 is 2.12 bits per heavy atom. The maximum Gasteiger partial charge on any atom is 0.330 e. The topological polar surface area (TPSA) is 93.0 Å². The maximum atomic E-state index is 12.9. The molecule has 1 atom stereocenters. The molecular weight excluding hydrogens is 330 g/mol. The molecule has 1 amide bonds. The number of nitrogens with zero attached hydrogens (tertiary/aromatic N) is 4. The average molecular weight is 345 g/mol. The molecule has 1 N–H and O–H groups in total. The number of amides is 1. The normalized spacial score (nSPS) is 18.0. The lowest BCUT2D eigenvalue weighted by Gasteiger charge is -2.12. The summed E-state index contributed by atoms with van der Waals surface area (Å²) in [6.07, 6.45) is 3.89.